The zero-order valence-electron chi connectivity index (χ0n) is 13.0. The summed E-state index contributed by atoms with van der Waals surface area (Å²) in [6.07, 6.45) is 10.7. The lowest BCUT2D eigenvalue weighted by Crippen LogP contribution is -2.46. The summed E-state index contributed by atoms with van der Waals surface area (Å²) in [4.78, 5) is 2.70. The van der Waals surface area contributed by atoms with Crippen LogP contribution < -0.4 is 0 Å². The average molecular weight is 323 g/mol. The van der Waals surface area contributed by atoms with Crippen molar-refractivity contribution in [1.82, 2.24) is 14.7 Å². The van der Waals surface area contributed by atoms with Crippen LogP contribution >= 0.6 is 0 Å². The maximum atomic E-state index is 11.6. The van der Waals surface area contributed by atoms with E-state index in [2.05, 4.69) is 20.9 Å². The second-order valence-electron chi connectivity index (χ2n) is 7.29. The Kier molecular flexibility index (Phi) is 3.77. The number of hydrogen-bond acceptors (Lipinski definition) is 4. The van der Waals surface area contributed by atoms with Crippen molar-refractivity contribution in [3.8, 4) is 0 Å². The number of aromatic nitrogens is 2. The lowest BCUT2D eigenvalue weighted by atomic mass is 9.94. The largest absolute Gasteiger partial charge is 0.297 e. The summed E-state index contributed by atoms with van der Waals surface area (Å²) in [7, 11) is -2.74. The van der Waals surface area contributed by atoms with Crippen LogP contribution in [0.15, 0.2) is 18.5 Å². The molecule has 122 valence electrons. The summed E-state index contributed by atoms with van der Waals surface area (Å²) in [5, 5.41) is 4.42. The molecule has 3 aliphatic rings. The molecule has 4 heterocycles. The molecule has 4 rings (SSSR count). The van der Waals surface area contributed by atoms with E-state index < -0.39 is 9.84 Å². The molecular weight excluding hydrogens is 298 g/mol. The highest BCUT2D eigenvalue weighted by molar-refractivity contribution is 7.91. The van der Waals surface area contributed by atoms with Gasteiger partial charge >= 0.3 is 0 Å². The predicted molar refractivity (Wildman–Crippen MR) is 85.4 cm³/mol. The molecule has 0 aromatic carbocycles. The highest BCUT2D eigenvalue weighted by Gasteiger charge is 2.42. The second-order valence-corrected chi connectivity index (χ2v) is 9.59. The summed E-state index contributed by atoms with van der Waals surface area (Å²) >= 11 is 0. The van der Waals surface area contributed by atoms with Crippen molar-refractivity contribution in [2.24, 2.45) is 5.92 Å². The number of rotatable bonds is 3. The van der Waals surface area contributed by atoms with E-state index in [1.165, 1.54) is 25.7 Å². The number of fused-ring (bicyclic) bond motifs is 2. The summed E-state index contributed by atoms with van der Waals surface area (Å²) in [6.45, 7) is 1.11. The van der Waals surface area contributed by atoms with E-state index in [1.54, 1.807) is 0 Å². The van der Waals surface area contributed by atoms with Gasteiger partial charge in [-0.15, -0.1) is 0 Å². The van der Waals surface area contributed by atoms with Gasteiger partial charge in [-0.25, -0.2) is 8.42 Å². The van der Waals surface area contributed by atoms with E-state index in [0.717, 1.165) is 19.4 Å². The number of piperidine rings is 1. The third-order valence-corrected chi connectivity index (χ3v) is 7.62. The van der Waals surface area contributed by atoms with Gasteiger partial charge < -0.3 is 0 Å². The fourth-order valence-corrected chi connectivity index (χ4v) is 6.26. The van der Waals surface area contributed by atoms with Crippen LogP contribution in [0.1, 0.15) is 44.6 Å². The van der Waals surface area contributed by atoms with E-state index in [4.69, 9.17) is 0 Å². The van der Waals surface area contributed by atoms with Crippen molar-refractivity contribution < 1.29 is 8.42 Å². The van der Waals surface area contributed by atoms with Crippen LogP contribution in [0.3, 0.4) is 0 Å². The van der Waals surface area contributed by atoms with Gasteiger partial charge in [-0.05, 0) is 50.5 Å². The summed E-state index contributed by atoms with van der Waals surface area (Å²) < 4.78 is 25.3. The SMILES string of the molecule is O=S1(=O)CCC(CN2C3CCC2CC(n2cccn2)C3)CC1. The van der Waals surface area contributed by atoms with Crippen LogP contribution in [0.2, 0.25) is 0 Å². The Balaban J connectivity index is 1.39. The Morgan fingerprint density at radius 1 is 1.00 bits per heavy atom. The third kappa shape index (κ3) is 2.83. The summed E-state index contributed by atoms with van der Waals surface area (Å²) in [5.41, 5.74) is 0. The van der Waals surface area contributed by atoms with Crippen LogP contribution in [0.25, 0.3) is 0 Å². The van der Waals surface area contributed by atoms with E-state index in [-0.39, 0.29) is 0 Å². The van der Waals surface area contributed by atoms with Crippen molar-refractivity contribution in [2.45, 2.75) is 56.7 Å². The Labute approximate surface area is 132 Å². The molecule has 1 aromatic rings. The minimum atomic E-state index is -2.74. The van der Waals surface area contributed by atoms with E-state index in [1.807, 2.05) is 12.3 Å². The van der Waals surface area contributed by atoms with Gasteiger partial charge in [0.25, 0.3) is 0 Å². The first-order valence-electron chi connectivity index (χ1n) is 8.56. The first-order chi connectivity index (χ1) is 10.6. The van der Waals surface area contributed by atoms with Gasteiger partial charge in [0.05, 0.1) is 17.5 Å². The highest BCUT2D eigenvalue weighted by Crippen LogP contribution is 2.41. The third-order valence-electron chi connectivity index (χ3n) is 5.90. The summed E-state index contributed by atoms with van der Waals surface area (Å²) in [6, 6.07) is 3.91. The zero-order chi connectivity index (χ0) is 15.2. The van der Waals surface area contributed by atoms with Crippen molar-refractivity contribution in [2.75, 3.05) is 18.1 Å². The minimum absolute atomic E-state index is 0.400. The van der Waals surface area contributed by atoms with Gasteiger partial charge in [-0.2, -0.15) is 5.10 Å². The van der Waals surface area contributed by atoms with Crippen LogP contribution in [-0.4, -0.2) is 53.2 Å². The fourth-order valence-electron chi connectivity index (χ4n) is 4.68. The molecule has 2 bridgehead atoms. The van der Waals surface area contributed by atoms with E-state index in [0.29, 0.717) is 35.5 Å². The van der Waals surface area contributed by atoms with Gasteiger partial charge in [0, 0.05) is 31.0 Å². The molecule has 0 radical (unpaired) electrons. The van der Waals surface area contributed by atoms with Gasteiger partial charge in [-0.3, -0.25) is 9.58 Å². The molecule has 0 amide bonds. The van der Waals surface area contributed by atoms with Gasteiger partial charge in [-0.1, -0.05) is 0 Å². The van der Waals surface area contributed by atoms with Crippen LogP contribution in [0.4, 0.5) is 0 Å². The van der Waals surface area contributed by atoms with E-state index in [9.17, 15) is 8.42 Å². The van der Waals surface area contributed by atoms with Crippen molar-refractivity contribution in [3.63, 3.8) is 0 Å². The molecule has 0 aliphatic carbocycles. The Morgan fingerprint density at radius 2 is 1.68 bits per heavy atom. The van der Waals surface area contributed by atoms with E-state index >= 15 is 0 Å². The zero-order valence-corrected chi connectivity index (χ0v) is 13.8. The Hall–Kier alpha value is -0.880. The molecular formula is C16H25N3O2S. The molecule has 0 spiro atoms. The topological polar surface area (TPSA) is 55.2 Å². The minimum Gasteiger partial charge on any atom is -0.297 e. The lowest BCUT2D eigenvalue weighted by Gasteiger charge is -2.41. The fraction of sp³-hybridized carbons (Fsp3) is 0.812. The Bertz CT molecular complexity index is 585. The van der Waals surface area contributed by atoms with Crippen LogP contribution in [-0.2, 0) is 9.84 Å². The molecule has 3 aliphatic heterocycles. The molecule has 3 fully saturated rings. The number of nitrogens with zero attached hydrogens (tertiary/aromatic N) is 3. The smallest absolute Gasteiger partial charge is 0.150 e. The molecule has 1 aromatic heterocycles. The van der Waals surface area contributed by atoms with Crippen molar-refractivity contribution in [1.29, 1.82) is 0 Å². The summed E-state index contributed by atoms with van der Waals surface area (Å²) in [5.74, 6) is 1.38. The second kappa shape index (κ2) is 5.64. The van der Waals surface area contributed by atoms with Gasteiger partial charge in [0.15, 0.2) is 0 Å². The first-order valence-corrected chi connectivity index (χ1v) is 10.4. The monoisotopic (exact) mass is 323 g/mol. The predicted octanol–water partition coefficient (Wildman–Crippen LogP) is 1.88. The maximum absolute atomic E-state index is 11.6. The van der Waals surface area contributed by atoms with Gasteiger partial charge in [0.2, 0.25) is 0 Å². The molecule has 6 heteroatoms. The van der Waals surface area contributed by atoms with Crippen molar-refractivity contribution >= 4 is 9.84 Å². The molecule has 22 heavy (non-hydrogen) atoms. The molecule has 0 saturated carbocycles. The quantitative estimate of drug-likeness (QED) is 0.852. The first kappa shape index (κ1) is 14.7. The molecule has 5 nitrogen and oxygen atoms in total. The van der Waals surface area contributed by atoms with Gasteiger partial charge in [0.1, 0.15) is 9.84 Å². The number of sulfone groups is 1. The lowest BCUT2D eigenvalue weighted by molar-refractivity contribution is 0.0830. The molecule has 3 saturated heterocycles. The van der Waals surface area contributed by atoms with Crippen molar-refractivity contribution in [3.05, 3.63) is 18.5 Å². The van der Waals surface area contributed by atoms with Crippen LogP contribution in [0, 0.1) is 5.92 Å². The number of hydrogen-bond donors (Lipinski definition) is 0. The average Bonchev–Trinajstić information content (AvgIpc) is 3.09. The molecule has 2 unspecified atom stereocenters. The molecule has 0 N–H and O–H groups in total. The van der Waals surface area contributed by atoms with Crippen LogP contribution in [0.5, 0.6) is 0 Å². The highest BCUT2D eigenvalue weighted by atomic mass is 32.2. The normalized spacial score (nSPS) is 35.7. The Morgan fingerprint density at radius 3 is 2.27 bits per heavy atom. The standard InChI is InChI=1S/C16H25N3O2S/c20-22(21)8-4-13(5-9-22)12-18-14-2-3-15(18)11-16(10-14)19-7-1-6-17-19/h1,6-7,13-16H,2-5,8-12H2. The molecule has 2 atom stereocenters. The maximum Gasteiger partial charge on any atom is 0.150 e.